The molecule has 0 aliphatic rings. The van der Waals surface area contributed by atoms with Crippen LogP contribution in [0.5, 0.6) is 5.75 Å². The summed E-state index contributed by atoms with van der Waals surface area (Å²) in [6.07, 6.45) is -1.92. The zero-order valence-corrected chi connectivity index (χ0v) is 17.4. The lowest BCUT2D eigenvalue weighted by Gasteiger charge is -2.18. The highest BCUT2D eigenvalue weighted by Crippen LogP contribution is 2.23. The molecule has 29 heavy (non-hydrogen) atoms. The smallest absolute Gasteiger partial charge is 0.347 e. The van der Waals surface area contributed by atoms with Gasteiger partial charge in [0.05, 0.1) is 0 Å². The number of hydrogen-bond donors (Lipinski definition) is 2. The third-order valence-corrected chi connectivity index (χ3v) is 4.14. The summed E-state index contributed by atoms with van der Waals surface area (Å²) in [5, 5.41) is 5.85. The van der Waals surface area contributed by atoms with Gasteiger partial charge in [0.1, 0.15) is 5.75 Å². The van der Waals surface area contributed by atoms with Crippen molar-refractivity contribution in [2.24, 2.45) is 0 Å². The summed E-state index contributed by atoms with van der Waals surface area (Å²) in [6, 6.07) is 11.6. The Morgan fingerprint density at radius 2 is 1.52 bits per heavy atom. The maximum Gasteiger partial charge on any atom is 0.347 e. The molecule has 0 aromatic heterocycles. The lowest BCUT2D eigenvalue weighted by molar-refractivity contribution is -0.159. The Morgan fingerprint density at radius 3 is 2.07 bits per heavy atom. The molecule has 2 aromatic carbocycles. The van der Waals surface area contributed by atoms with E-state index in [0.717, 1.165) is 5.56 Å². The summed E-state index contributed by atoms with van der Waals surface area (Å²) in [5.74, 6) is -0.828. The standard InChI is InChI=1S/C21H23ClN2O5/c1-12-11-16(22)5-10-19(12)28-14(3)21(27)29-13(2)20(26)24-18-8-6-17(7-9-18)23-15(4)25/h5-11,13-14H,1-4H3,(H,23,25)(H,24,26). The maximum absolute atomic E-state index is 12.3. The maximum atomic E-state index is 12.3. The largest absolute Gasteiger partial charge is 0.479 e. The Morgan fingerprint density at radius 1 is 0.931 bits per heavy atom. The van der Waals surface area contributed by atoms with Gasteiger partial charge in [0.25, 0.3) is 5.91 Å². The van der Waals surface area contributed by atoms with E-state index in [4.69, 9.17) is 21.1 Å². The molecule has 0 spiro atoms. The number of aryl methyl sites for hydroxylation is 1. The molecule has 2 atom stereocenters. The van der Waals surface area contributed by atoms with Crippen molar-refractivity contribution in [3.63, 3.8) is 0 Å². The van der Waals surface area contributed by atoms with E-state index in [9.17, 15) is 14.4 Å². The molecule has 0 aliphatic heterocycles. The second-order valence-corrected chi connectivity index (χ2v) is 6.93. The van der Waals surface area contributed by atoms with E-state index in [1.165, 1.54) is 13.8 Å². The van der Waals surface area contributed by atoms with Gasteiger partial charge in [-0.15, -0.1) is 0 Å². The minimum absolute atomic E-state index is 0.188. The average molecular weight is 419 g/mol. The van der Waals surface area contributed by atoms with Crippen LogP contribution in [0.1, 0.15) is 26.3 Å². The summed E-state index contributed by atoms with van der Waals surface area (Å²) < 4.78 is 10.8. The molecule has 2 unspecified atom stereocenters. The number of hydrogen-bond acceptors (Lipinski definition) is 5. The molecule has 0 heterocycles. The number of esters is 1. The van der Waals surface area contributed by atoms with Crippen molar-refractivity contribution in [2.45, 2.75) is 39.9 Å². The van der Waals surface area contributed by atoms with Crippen LogP contribution in [0.3, 0.4) is 0 Å². The lowest BCUT2D eigenvalue weighted by Crippen LogP contribution is -2.35. The van der Waals surface area contributed by atoms with E-state index >= 15 is 0 Å². The van der Waals surface area contributed by atoms with Gasteiger partial charge in [-0.05, 0) is 68.8 Å². The van der Waals surface area contributed by atoms with E-state index in [1.54, 1.807) is 49.4 Å². The molecule has 2 amide bonds. The summed E-state index contributed by atoms with van der Waals surface area (Å²) in [7, 11) is 0. The Balaban J connectivity index is 1.89. The van der Waals surface area contributed by atoms with Gasteiger partial charge in [0.2, 0.25) is 5.91 Å². The van der Waals surface area contributed by atoms with E-state index in [-0.39, 0.29) is 5.91 Å². The van der Waals surface area contributed by atoms with Crippen molar-refractivity contribution in [1.82, 2.24) is 0 Å². The molecular weight excluding hydrogens is 396 g/mol. The molecule has 8 heteroatoms. The molecule has 2 aromatic rings. The van der Waals surface area contributed by atoms with Gasteiger partial charge in [-0.2, -0.15) is 0 Å². The Labute approximate surface area is 174 Å². The van der Waals surface area contributed by atoms with Gasteiger partial charge in [0, 0.05) is 23.3 Å². The lowest BCUT2D eigenvalue weighted by atomic mass is 10.2. The Bertz CT molecular complexity index is 898. The zero-order chi connectivity index (χ0) is 21.6. The molecule has 2 rings (SSSR count). The number of nitrogens with one attached hydrogen (secondary N) is 2. The van der Waals surface area contributed by atoms with E-state index < -0.39 is 24.1 Å². The number of anilines is 2. The fourth-order valence-electron chi connectivity index (χ4n) is 2.39. The second-order valence-electron chi connectivity index (χ2n) is 6.50. The van der Waals surface area contributed by atoms with Crippen molar-refractivity contribution < 1.29 is 23.9 Å². The molecule has 0 fully saturated rings. The van der Waals surface area contributed by atoms with E-state index in [2.05, 4.69) is 10.6 Å². The Hall–Kier alpha value is -3.06. The number of amides is 2. The number of benzene rings is 2. The molecule has 7 nitrogen and oxygen atoms in total. The third-order valence-electron chi connectivity index (χ3n) is 3.91. The number of carbonyl (C=O) groups excluding carboxylic acids is 3. The van der Waals surface area contributed by atoms with Gasteiger partial charge in [0.15, 0.2) is 12.2 Å². The SMILES string of the molecule is CC(=O)Nc1ccc(NC(=O)C(C)OC(=O)C(C)Oc2ccc(Cl)cc2C)cc1. The number of rotatable bonds is 7. The zero-order valence-electron chi connectivity index (χ0n) is 16.6. The summed E-state index contributed by atoms with van der Waals surface area (Å²) in [4.78, 5) is 35.5. The van der Waals surface area contributed by atoms with Crippen LogP contribution in [-0.4, -0.2) is 30.0 Å². The third kappa shape index (κ3) is 6.80. The van der Waals surface area contributed by atoms with Crippen LogP contribution >= 0.6 is 11.6 Å². The van der Waals surface area contributed by atoms with Crippen LogP contribution in [0.25, 0.3) is 0 Å². The average Bonchev–Trinajstić information content (AvgIpc) is 2.65. The molecule has 154 valence electrons. The van der Waals surface area contributed by atoms with Crippen molar-refractivity contribution in [2.75, 3.05) is 10.6 Å². The molecular formula is C21H23ClN2O5. The van der Waals surface area contributed by atoms with Gasteiger partial charge >= 0.3 is 5.97 Å². The molecule has 0 radical (unpaired) electrons. The summed E-state index contributed by atoms with van der Waals surface area (Å²) in [5.41, 5.74) is 1.90. The highest BCUT2D eigenvalue weighted by atomic mass is 35.5. The predicted molar refractivity (Wildman–Crippen MR) is 111 cm³/mol. The molecule has 0 bridgehead atoms. The first kappa shape index (κ1) is 22.2. The first-order chi connectivity index (χ1) is 13.7. The first-order valence-electron chi connectivity index (χ1n) is 8.97. The van der Waals surface area contributed by atoms with Crippen molar-refractivity contribution in [1.29, 1.82) is 0 Å². The fourth-order valence-corrected chi connectivity index (χ4v) is 2.62. The number of carbonyl (C=O) groups is 3. The van der Waals surface area contributed by atoms with E-state index in [1.807, 2.05) is 6.92 Å². The highest BCUT2D eigenvalue weighted by molar-refractivity contribution is 6.30. The Kier molecular flexibility index (Phi) is 7.61. The molecule has 2 N–H and O–H groups in total. The minimum Gasteiger partial charge on any atom is -0.479 e. The predicted octanol–water partition coefficient (Wildman–Crippen LogP) is 3.94. The van der Waals surface area contributed by atoms with Gasteiger partial charge in [-0.25, -0.2) is 4.79 Å². The highest BCUT2D eigenvalue weighted by Gasteiger charge is 2.23. The number of ether oxygens (including phenoxy) is 2. The molecule has 0 saturated carbocycles. The van der Waals surface area contributed by atoms with Crippen molar-refractivity contribution in [3.8, 4) is 5.75 Å². The quantitative estimate of drug-likeness (QED) is 0.664. The summed E-state index contributed by atoms with van der Waals surface area (Å²) in [6.45, 7) is 6.23. The fraction of sp³-hybridized carbons (Fsp3) is 0.286. The van der Waals surface area contributed by atoms with Gasteiger partial charge in [-0.1, -0.05) is 11.6 Å². The van der Waals surface area contributed by atoms with Crippen molar-refractivity contribution in [3.05, 3.63) is 53.1 Å². The van der Waals surface area contributed by atoms with Crippen LogP contribution in [0, 0.1) is 6.92 Å². The minimum atomic E-state index is -1.02. The molecule has 0 aliphatic carbocycles. The second kappa shape index (κ2) is 9.93. The van der Waals surface area contributed by atoms with Crippen molar-refractivity contribution >= 4 is 40.8 Å². The topological polar surface area (TPSA) is 93.7 Å². The normalized spacial score (nSPS) is 12.4. The molecule has 0 saturated heterocycles. The monoisotopic (exact) mass is 418 g/mol. The number of halogens is 1. The summed E-state index contributed by atoms with van der Waals surface area (Å²) >= 11 is 5.91. The van der Waals surface area contributed by atoms with Crippen LogP contribution in [0.2, 0.25) is 5.02 Å². The van der Waals surface area contributed by atoms with E-state index in [0.29, 0.717) is 22.1 Å². The van der Waals surface area contributed by atoms with Gasteiger partial charge in [-0.3, -0.25) is 9.59 Å². The van der Waals surface area contributed by atoms with Gasteiger partial charge < -0.3 is 20.1 Å². The van der Waals surface area contributed by atoms with Crippen LogP contribution in [0.4, 0.5) is 11.4 Å². The first-order valence-corrected chi connectivity index (χ1v) is 9.35. The van der Waals surface area contributed by atoms with Crippen LogP contribution < -0.4 is 15.4 Å². The van der Waals surface area contributed by atoms with Crippen LogP contribution in [-0.2, 0) is 19.1 Å². The van der Waals surface area contributed by atoms with Crippen LogP contribution in [0.15, 0.2) is 42.5 Å².